The topological polar surface area (TPSA) is 29.3 Å². The molecule has 0 saturated heterocycles. The van der Waals surface area contributed by atoms with Crippen molar-refractivity contribution in [3.05, 3.63) is 28.8 Å². The van der Waals surface area contributed by atoms with Crippen LogP contribution >= 0.6 is 11.6 Å². The van der Waals surface area contributed by atoms with Gasteiger partial charge in [0, 0.05) is 13.1 Å². The van der Waals surface area contributed by atoms with Gasteiger partial charge in [-0.1, -0.05) is 23.7 Å². The first-order valence-corrected chi connectivity index (χ1v) is 5.84. The Bertz CT molecular complexity index is 308. The van der Waals surface area contributed by atoms with E-state index in [9.17, 15) is 0 Å². The quantitative estimate of drug-likeness (QED) is 0.837. The number of nitrogens with zero attached hydrogens (tertiary/aromatic N) is 1. The summed E-state index contributed by atoms with van der Waals surface area (Å²) in [5.74, 6) is 0. The van der Waals surface area contributed by atoms with E-state index in [1.54, 1.807) is 0 Å². The van der Waals surface area contributed by atoms with Crippen molar-refractivity contribution >= 4 is 17.3 Å². The third-order valence-corrected chi connectivity index (χ3v) is 2.87. The first-order chi connectivity index (χ1) is 7.24. The van der Waals surface area contributed by atoms with Crippen LogP contribution in [0.25, 0.3) is 0 Å². The normalized spacial score (nSPS) is 10.4. The fraction of sp³-hybridized carbons (Fsp3) is 0.500. The van der Waals surface area contributed by atoms with Gasteiger partial charge in [0.15, 0.2) is 0 Å². The van der Waals surface area contributed by atoms with E-state index < -0.39 is 0 Å². The zero-order chi connectivity index (χ0) is 11.3. The molecule has 0 aliphatic rings. The van der Waals surface area contributed by atoms with Gasteiger partial charge in [-0.3, -0.25) is 0 Å². The minimum atomic E-state index is 0.661. The second-order valence-electron chi connectivity index (χ2n) is 3.46. The second-order valence-corrected chi connectivity index (χ2v) is 3.87. The lowest BCUT2D eigenvalue weighted by Gasteiger charge is -2.25. The van der Waals surface area contributed by atoms with Gasteiger partial charge < -0.3 is 10.6 Å². The van der Waals surface area contributed by atoms with Crippen LogP contribution < -0.4 is 10.6 Å². The lowest BCUT2D eigenvalue weighted by molar-refractivity contribution is 0.849. The molecule has 2 N–H and O–H groups in total. The molecule has 0 radical (unpaired) electrons. The summed E-state index contributed by atoms with van der Waals surface area (Å²) in [6, 6.07) is 6.03. The van der Waals surface area contributed by atoms with E-state index in [0.29, 0.717) is 6.54 Å². The average Bonchev–Trinajstić information content (AvgIpc) is 2.24. The average molecular weight is 227 g/mol. The van der Waals surface area contributed by atoms with Gasteiger partial charge in [-0.2, -0.15) is 0 Å². The molecule has 0 unspecified atom stereocenters. The van der Waals surface area contributed by atoms with Gasteiger partial charge in [-0.15, -0.1) is 0 Å². The number of hydrogen-bond donors (Lipinski definition) is 1. The van der Waals surface area contributed by atoms with Crippen LogP contribution in [-0.2, 0) is 6.42 Å². The molecular formula is C12H19ClN2. The van der Waals surface area contributed by atoms with Crippen molar-refractivity contribution in [1.29, 1.82) is 0 Å². The second kappa shape index (κ2) is 5.99. The van der Waals surface area contributed by atoms with E-state index in [1.807, 2.05) is 12.1 Å². The van der Waals surface area contributed by atoms with Crippen molar-refractivity contribution in [2.24, 2.45) is 5.73 Å². The lowest BCUT2D eigenvalue weighted by Crippen LogP contribution is -2.24. The van der Waals surface area contributed by atoms with Crippen molar-refractivity contribution in [3.8, 4) is 0 Å². The largest absolute Gasteiger partial charge is 0.371 e. The Kier molecular flexibility index (Phi) is 4.92. The number of hydrogen-bond acceptors (Lipinski definition) is 2. The van der Waals surface area contributed by atoms with Gasteiger partial charge in [0.2, 0.25) is 0 Å². The molecule has 0 fully saturated rings. The highest BCUT2D eigenvalue weighted by Gasteiger charge is 2.11. The predicted molar refractivity (Wildman–Crippen MR) is 67.8 cm³/mol. The van der Waals surface area contributed by atoms with Gasteiger partial charge in [-0.05, 0) is 38.4 Å². The molecule has 0 aliphatic heterocycles. The fourth-order valence-electron chi connectivity index (χ4n) is 1.81. The summed E-state index contributed by atoms with van der Waals surface area (Å²) in [7, 11) is 0. The van der Waals surface area contributed by atoms with E-state index in [0.717, 1.165) is 30.2 Å². The van der Waals surface area contributed by atoms with Crippen LogP contribution in [0.1, 0.15) is 19.4 Å². The number of rotatable bonds is 5. The van der Waals surface area contributed by atoms with Crippen molar-refractivity contribution in [2.45, 2.75) is 20.3 Å². The predicted octanol–water partition coefficient (Wildman–Crippen LogP) is 2.69. The number of para-hydroxylation sites is 1. The highest BCUT2D eigenvalue weighted by molar-refractivity contribution is 6.33. The zero-order valence-corrected chi connectivity index (χ0v) is 10.2. The molecule has 15 heavy (non-hydrogen) atoms. The number of nitrogens with two attached hydrogens (primary N) is 1. The number of anilines is 1. The van der Waals surface area contributed by atoms with Crippen molar-refractivity contribution in [2.75, 3.05) is 24.5 Å². The molecule has 0 spiro atoms. The summed E-state index contributed by atoms with van der Waals surface area (Å²) in [5.41, 5.74) is 7.99. The van der Waals surface area contributed by atoms with E-state index >= 15 is 0 Å². The number of halogens is 1. The molecule has 2 nitrogen and oxygen atoms in total. The van der Waals surface area contributed by atoms with E-state index in [2.05, 4.69) is 24.8 Å². The number of benzene rings is 1. The summed E-state index contributed by atoms with van der Waals surface area (Å²) in [5, 5.41) is 0.824. The molecule has 84 valence electrons. The molecule has 0 aromatic heterocycles. The van der Waals surface area contributed by atoms with Crippen molar-refractivity contribution in [3.63, 3.8) is 0 Å². The minimum Gasteiger partial charge on any atom is -0.371 e. The standard InChI is InChI=1S/C12H19ClN2/c1-3-15(4-2)12-10(8-9-14)6-5-7-11(12)13/h5-7H,3-4,8-9,14H2,1-2H3. The molecule has 0 heterocycles. The van der Waals surface area contributed by atoms with Crippen LogP contribution in [0.2, 0.25) is 5.02 Å². The highest BCUT2D eigenvalue weighted by atomic mass is 35.5. The van der Waals surface area contributed by atoms with Crippen molar-refractivity contribution in [1.82, 2.24) is 0 Å². The summed E-state index contributed by atoms with van der Waals surface area (Å²) < 4.78 is 0. The molecule has 0 saturated carbocycles. The Morgan fingerprint density at radius 1 is 1.27 bits per heavy atom. The van der Waals surface area contributed by atoms with Gasteiger partial charge >= 0.3 is 0 Å². The lowest BCUT2D eigenvalue weighted by atomic mass is 10.1. The first-order valence-electron chi connectivity index (χ1n) is 5.47. The van der Waals surface area contributed by atoms with E-state index in [1.165, 1.54) is 5.56 Å². The molecule has 1 aromatic rings. The van der Waals surface area contributed by atoms with Crippen LogP contribution in [-0.4, -0.2) is 19.6 Å². The van der Waals surface area contributed by atoms with Crippen LogP contribution in [0.5, 0.6) is 0 Å². The maximum absolute atomic E-state index is 6.23. The molecule has 1 aromatic carbocycles. The van der Waals surface area contributed by atoms with Crippen LogP contribution in [0.3, 0.4) is 0 Å². The summed E-state index contributed by atoms with van der Waals surface area (Å²) in [6.45, 7) is 6.88. The van der Waals surface area contributed by atoms with Gasteiger partial charge in [-0.25, -0.2) is 0 Å². The Morgan fingerprint density at radius 2 is 1.93 bits per heavy atom. The van der Waals surface area contributed by atoms with Gasteiger partial charge in [0.1, 0.15) is 0 Å². The van der Waals surface area contributed by atoms with Crippen LogP contribution in [0, 0.1) is 0 Å². The Balaban J connectivity index is 3.10. The van der Waals surface area contributed by atoms with Crippen LogP contribution in [0.15, 0.2) is 18.2 Å². The maximum atomic E-state index is 6.23. The summed E-state index contributed by atoms with van der Waals surface area (Å²) in [6.07, 6.45) is 0.881. The smallest absolute Gasteiger partial charge is 0.0642 e. The van der Waals surface area contributed by atoms with E-state index in [-0.39, 0.29) is 0 Å². The summed E-state index contributed by atoms with van der Waals surface area (Å²) in [4.78, 5) is 2.27. The molecule has 0 aliphatic carbocycles. The third-order valence-electron chi connectivity index (χ3n) is 2.56. The van der Waals surface area contributed by atoms with E-state index in [4.69, 9.17) is 17.3 Å². The fourth-order valence-corrected chi connectivity index (χ4v) is 2.12. The van der Waals surface area contributed by atoms with Gasteiger partial charge in [0.25, 0.3) is 0 Å². The van der Waals surface area contributed by atoms with Crippen LogP contribution in [0.4, 0.5) is 5.69 Å². The minimum absolute atomic E-state index is 0.661. The highest BCUT2D eigenvalue weighted by Crippen LogP contribution is 2.29. The van der Waals surface area contributed by atoms with Gasteiger partial charge in [0.05, 0.1) is 10.7 Å². The Morgan fingerprint density at radius 3 is 2.47 bits per heavy atom. The monoisotopic (exact) mass is 226 g/mol. The SMILES string of the molecule is CCN(CC)c1c(Cl)cccc1CCN. The molecule has 1 rings (SSSR count). The Hall–Kier alpha value is -0.730. The molecule has 0 atom stereocenters. The molecule has 3 heteroatoms. The maximum Gasteiger partial charge on any atom is 0.0642 e. The zero-order valence-electron chi connectivity index (χ0n) is 9.46. The summed E-state index contributed by atoms with van der Waals surface area (Å²) >= 11 is 6.23. The van der Waals surface area contributed by atoms with Crippen molar-refractivity contribution < 1.29 is 0 Å². The Labute approximate surface area is 97.0 Å². The third kappa shape index (κ3) is 2.86. The molecular weight excluding hydrogens is 208 g/mol. The first kappa shape index (κ1) is 12.3. The molecule has 0 amide bonds. The molecule has 0 bridgehead atoms.